The highest BCUT2D eigenvalue weighted by Gasteiger charge is 2.24. The van der Waals surface area contributed by atoms with Crippen LogP contribution in [0.5, 0.6) is 5.75 Å². The van der Waals surface area contributed by atoms with Crippen LogP contribution in [0, 0.1) is 5.92 Å². The number of halogens is 1. The van der Waals surface area contributed by atoms with Gasteiger partial charge in [-0.2, -0.15) is 0 Å². The molecule has 2 unspecified atom stereocenters. The van der Waals surface area contributed by atoms with Crippen molar-refractivity contribution in [3.05, 3.63) is 28.8 Å². The van der Waals surface area contributed by atoms with Crippen molar-refractivity contribution in [2.75, 3.05) is 13.2 Å². The lowest BCUT2D eigenvalue weighted by Gasteiger charge is -2.22. The summed E-state index contributed by atoms with van der Waals surface area (Å²) in [6.45, 7) is 3.69. The molecule has 1 aliphatic heterocycles. The second-order valence-electron chi connectivity index (χ2n) is 4.49. The second-order valence-corrected chi connectivity index (χ2v) is 4.93. The predicted molar refractivity (Wildman–Crippen MR) is 67.1 cm³/mol. The number of ether oxygens (including phenoxy) is 1. The van der Waals surface area contributed by atoms with E-state index in [2.05, 4.69) is 6.92 Å². The monoisotopic (exact) mass is 239 g/mol. The predicted octanol–water partition coefficient (Wildman–Crippen LogP) is 3.19. The van der Waals surface area contributed by atoms with Crippen LogP contribution in [0.25, 0.3) is 0 Å². The maximum absolute atomic E-state index is 6.06. The lowest BCUT2D eigenvalue weighted by molar-refractivity contribution is 0.314. The number of hydrogen-bond acceptors (Lipinski definition) is 2. The Morgan fingerprint density at radius 2 is 2.38 bits per heavy atom. The first-order valence-electron chi connectivity index (χ1n) is 5.84. The third-order valence-electron chi connectivity index (χ3n) is 3.35. The molecule has 0 saturated carbocycles. The zero-order valence-electron chi connectivity index (χ0n) is 9.58. The molecule has 1 aliphatic rings. The molecule has 1 aromatic rings. The van der Waals surface area contributed by atoms with E-state index in [4.69, 9.17) is 22.1 Å². The topological polar surface area (TPSA) is 35.2 Å². The van der Waals surface area contributed by atoms with E-state index in [9.17, 15) is 0 Å². The number of benzene rings is 1. The minimum Gasteiger partial charge on any atom is -0.493 e. The van der Waals surface area contributed by atoms with Gasteiger partial charge in [-0.15, -0.1) is 0 Å². The summed E-state index contributed by atoms with van der Waals surface area (Å²) in [5.41, 5.74) is 7.00. The Hall–Kier alpha value is -0.730. The molecule has 88 valence electrons. The third kappa shape index (κ3) is 2.33. The smallest absolute Gasteiger partial charge is 0.122 e. The fraction of sp³-hybridized carbons (Fsp3) is 0.538. The molecule has 0 aromatic heterocycles. The second kappa shape index (κ2) is 5.07. The molecule has 2 nitrogen and oxygen atoms in total. The number of rotatable bonds is 2. The summed E-state index contributed by atoms with van der Waals surface area (Å²) in [4.78, 5) is 0. The van der Waals surface area contributed by atoms with Gasteiger partial charge in [-0.1, -0.05) is 18.5 Å². The van der Waals surface area contributed by atoms with Gasteiger partial charge in [-0.25, -0.2) is 0 Å². The zero-order valence-corrected chi connectivity index (χ0v) is 10.3. The minimum absolute atomic E-state index is 0.471. The van der Waals surface area contributed by atoms with Crippen LogP contribution in [-0.4, -0.2) is 13.2 Å². The molecule has 2 N–H and O–H groups in total. The van der Waals surface area contributed by atoms with Crippen molar-refractivity contribution in [2.24, 2.45) is 11.7 Å². The zero-order chi connectivity index (χ0) is 11.5. The average Bonchev–Trinajstić information content (AvgIpc) is 2.50. The fourth-order valence-corrected chi connectivity index (χ4v) is 2.52. The van der Waals surface area contributed by atoms with Crippen LogP contribution in [-0.2, 0) is 0 Å². The Bertz CT molecular complexity index is 367. The highest BCUT2D eigenvalue weighted by atomic mass is 35.5. The van der Waals surface area contributed by atoms with E-state index in [0.717, 1.165) is 30.2 Å². The summed E-state index contributed by atoms with van der Waals surface area (Å²) in [5.74, 6) is 1.92. The Balaban J connectivity index is 2.38. The molecule has 3 heteroatoms. The van der Waals surface area contributed by atoms with Crippen molar-refractivity contribution in [1.82, 2.24) is 0 Å². The summed E-state index contributed by atoms with van der Waals surface area (Å²) in [7, 11) is 0. The third-order valence-corrected chi connectivity index (χ3v) is 3.58. The highest BCUT2D eigenvalue weighted by Crippen LogP contribution is 2.38. The van der Waals surface area contributed by atoms with E-state index in [1.165, 1.54) is 5.56 Å². The molecule has 16 heavy (non-hydrogen) atoms. The van der Waals surface area contributed by atoms with Crippen molar-refractivity contribution in [1.29, 1.82) is 0 Å². The van der Waals surface area contributed by atoms with Crippen LogP contribution in [0.1, 0.15) is 31.2 Å². The fourth-order valence-electron chi connectivity index (χ4n) is 2.34. The number of nitrogens with two attached hydrogens (primary N) is 1. The van der Waals surface area contributed by atoms with Gasteiger partial charge in [0.15, 0.2) is 0 Å². The van der Waals surface area contributed by atoms with E-state index >= 15 is 0 Å². The summed E-state index contributed by atoms with van der Waals surface area (Å²) >= 11 is 6.06. The molecule has 2 rings (SSSR count). The quantitative estimate of drug-likeness (QED) is 0.860. The highest BCUT2D eigenvalue weighted by molar-refractivity contribution is 6.30. The minimum atomic E-state index is 0.471. The van der Waals surface area contributed by atoms with Crippen LogP contribution in [0.2, 0.25) is 5.02 Å². The Morgan fingerprint density at radius 1 is 1.56 bits per heavy atom. The van der Waals surface area contributed by atoms with Gasteiger partial charge in [0.05, 0.1) is 6.61 Å². The maximum atomic E-state index is 6.06. The average molecular weight is 240 g/mol. The summed E-state index contributed by atoms with van der Waals surface area (Å²) < 4.78 is 5.73. The molecular formula is C13H18ClNO. The summed E-state index contributed by atoms with van der Waals surface area (Å²) in [6, 6.07) is 5.88. The van der Waals surface area contributed by atoms with Crippen LogP contribution >= 0.6 is 11.6 Å². The molecular weight excluding hydrogens is 222 g/mol. The van der Waals surface area contributed by atoms with Gasteiger partial charge >= 0.3 is 0 Å². The molecule has 0 amide bonds. The lowest BCUT2D eigenvalue weighted by atomic mass is 9.84. The van der Waals surface area contributed by atoms with Gasteiger partial charge in [0.1, 0.15) is 5.75 Å². The molecule has 0 radical (unpaired) electrons. The molecule has 1 aromatic carbocycles. The Labute approximate surface area is 102 Å². The molecule has 0 fully saturated rings. The SMILES string of the molecule is CC(CN)C1CCCOc2ccc(Cl)cc21. The largest absolute Gasteiger partial charge is 0.493 e. The first-order valence-corrected chi connectivity index (χ1v) is 6.22. The lowest BCUT2D eigenvalue weighted by Crippen LogP contribution is -2.19. The summed E-state index contributed by atoms with van der Waals surface area (Å²) in [5, 5.41) is 0.776. The first kappa shape index (κ1) is 11.7. The van der Waals surface area contributed by atoms with E-state index in [-0.39, 0.29) is 0 Å². The molecule has 0 aliphatic carbocycles. The maximum Gasteiger partial charge on any atom is 0.122 e. The van der Waals surface area contributed by atoms with Crippen molar-refractivity contribution >= 4 is 11.6 Å². The number of hydrogen-bond donors (Lipinski definition) is 1. The Kier molecular flexibility index (Phi) is 3.72. The molecule has 2 atom stereocenters. The van der Waals surface area contributed by atoms with Crippen molar-refractivity contribution in [2.45, 2.75) is 25.7 Å². The standard InChI is InChI=1S/C13H18ClNO/c1-9(8-15)11-3-2-6-16-13-5-4-10(14)7-12(11)13/h4-5,7,9,11H,2-3,6,8,15H2,1H3. The Morgan fingerprint density at radius 3 is 3.12 bits per heavy atom. The van der Waals surface area contributed by atoms with Gasteiger partial charge < -0.3 is 10.5 Å². The van der Waals surface area contributed by atoms with E-state index in [0.29, 0.717) is 18.4 Å². The normalized spacial score (nSPS) is 21.8. The molecule has 1 heterocycles. The summed E-state index contributed by atoms with van der Waals surface area (Å²) in [6.07, 6.45) is 2.22. The van der Waals surface area contributed by atoms with Crippen molar-refractivity contribution in [3.8, 4) is 5.75 Å². The van der Waals surface area contributed by atoms with Crippen molar-refractivity contribution in [3.63, 3.8) is 0 Å². The van der Waals surface area contributed by atoms with Crippen LogP contribution in [0.3, 0.4) is 0 Å². The molecule has 0 saturated heterocycles. The first-order chi connectivity index (χ1) is 7.72. The molecule has 0 bridgehead atoms. The van der Waals surface area contributed by atoms with Gasteiger partial charge in [0.25, 0.3) is 0 Å². The number of fused-ring (bicyclic) bond motifs is 1. The van der Waals surface area contributed by atoms with Crippen LogP contribution < -0.4 is 10.5 Å². The van der Waals surface area contributed by atoms with E-state index in [1.54, 1.807) is 0 Å². The van der Waals surface area contributed by atoms with Crippen LogP contribution in [0.4, 0.5) is 0 Å². The van der Waals surface area contributed by atoms with E-state index in [1.807, 2.05) is 18.2 Å². The van der Waals surface area contributed by atoms with Gasteiger partial charge in [-0.05, 0) is 55.0 Å². The molecule has 0 spiro atoms. The van der Waals surface area contributed by atoms with Gasteiger partial charge in [0, 0.05) is 5.02 Å². The van der Waals surface area contributed by atoms with Crippen molar-refractivity contribution < 1.29 is 4.74 Å². The van der Waals surface area contributed by atoms with Gasteiger partial charge in [-0.3, -0.25) is 0 Å². The van der Waals surface area contributed by atoms with E-state index < -0.39 is 0 Å². The van der Waals surface area contributed by atoms with Crippen LogP contribution in [0.15, 0.2) is 18.2 Å². The van der Waals surface area contributed by atoms with Gasteiger partial charge in [0.2, 0.25) is 0 Å².